The Balaban J connectivity index is 0.970. The molecule has 3 aliphatic heterocycles. The van der Waals surface area contributed by atoms with Gasteiger partial charge >= 0.3 is 6.09 Å². The topological polar surface area (TPSA) is 113 Å². The minimum absolute atomic E-state index is 0.0674. The number of alkyl carbamates (subject to hydrolysis) is 1. The van der Waals surface area contributed by atoms with E-state index in [0.29, 0.717) is 30.2 Å². The molecular weight excluding hydrogens is 589 g/mol. The highest BCUT2D eigenvalue weighted by molar-refractivity contribution is 5.97. The first-order chi connectivity index (χ1) is 22.0. The number of likely N-dealkylation sites (tertiary alicyclic amines) is 1. The summed E-state index contributed by atoms with van der Waals surface area (Å²) in [5, 5.41) is 11.4. The van der Waals surface area contributed by atoms with E-state index in [4.69, 9.17) is 9.47 Å². The van der Waals surface area contributed by atoms with E-state index in [9.17, 15) is 14.0 Å². The van der Waals surface area contributed by atoms with Gasteiger partial charge in [-0.1, -0.05) is 0 Å². The number of benzene rings is 1. The molecule has 4 atom stereocenters. The van der Waals surface area contributed by atoms with E-state index in [0.717, 1.165) is 52.0 Å². The zero-order valence-corrected chi connectivity index (χ0v) is 27.4. The molecule has 3 saturated heterocycles. The average Bonchev–Trinajstić information content (AvgIpc) is 3.37. The van der Waals surface area contributed by atoms with Crippen LogP contribution in [0.3, 0.4) is 0 Å². The zero-order valence-electron chi connectivity index (χ0n) is 27.4. The maximum absolute atomic E-state index is 14.4. The standard InChI is InChI=1S/C34H46FN7O4/c1-21(2)42(22(3)4)31(43)27-14-26(35)7-8-28(27)46-30-29(36-20-37-39-30)41-17-33(18-41)9-11-40(12-10-33)16-24-13-25-6-5-23(24)15-34(25)19-45-32(44)38-34/h7-8,14,20-25H,5-6,9-13,15-19H2,1-4H3,(H,38,44). The van der Waals surface area contributed by atoms with Crippen LogP contribution < -0.4 is 15.0 Å². The summed E-state index contributed by atoms with van der Waals surface area (Å²) in [6.45, 7) is 13.3. The molecule has 6 aliphatic rings. The van der Waals surface area contributed by atoms with Crippen molar-refractivity contribution in [2.45, 2.75) is 83.8 Å². The van der Waals surface area contributed by atoms with E-state index < -0.39 is 5.82 Å². The first-order valence-corrected chi connectivity index (χ1v) is 16.9. The quantitative estimate of drug-likeness (QED) is 0.434. The lowest BCUT2D eigenvalue weighted by Crippen LogP contribution is -2.62. The molecule has 3 aliphatic carbocycles. The van der Waals surface area contributed by atoms with Crippen molar-refractivity contribution in [1.29, 1.82) is 0 Å². The molecule has 6 fully saturated rings. The number of carbonyl (C=O) groups excluding carboxylic acids is 2. The third kappa shape index (κ3) is 5.66. The maximum Gasteiger partial charge on any atom is 0.407 e. The zero-order chi connectivity index (χ0) is 32.2. The predicted octanol–water partition coefficient (Wildman–Crippen LogP) is 4.88. The van der Waals surface area contributed by atoms with Gasteiger partial charge in [0.15, 0.2) is 5.82 Å². The third-order valence-corrected chi connectivity index (χ3v) is 11.4. The van der Waals surface area contributed by atoms with Crippen molar-refractivity contribution in [3.05, 3.63) is 35.9 Å². The number of hydrogen-bond donors (Lipinski definition) is 1. The lowest BCUT2D eigenvalue weighted by atomic mass is 9.56. The molecule has 46 heavy (non-hydrogen) atoms. The molecule has 2 bridgehead atoms. The summed E-state index contributed by atoms with van der Waals surface area (Å²) >= 11 is 0. The van der Waals surface area contributed by atoms with Crippen molar-refractivity contribution in [2.24, 2.45) is 23.2 Å². The second kappa shape index (κ2) is 11.9. The molecule has 1 N–H and O–H groups in total. The Kier molecular flexibility index (Phi) is 8.05. The number of cyclic esters (lactones) is 1. The number of carbonyl (C=O) groups is 2. The van der Waals surface area contributed by atoms with E-state index in [-0.39, 0.29) is 52.2 Å². The molecule has 248 valence electrons. The Morgan fingerprint density at radius 2 is 1.93 bits per heavy atom. The van der Waals surface area contributed by atoms with Crippen LogP contribution in [0.4, 0.5) is 15.0 Å². The molecule has 1 aromatic carbocycles. The van der Waals surface area contributed by atoms with Gasteiger partial charge in [0.25, 0.3) is 11.8 Å². The highest BCUT2D eigenvalue weighted by Gasteiger charge is 2.55. The second-order valence-corrected chi connectivity index (χ2v) is 15.0. The van der Waals surface area contributed by atoms with Gasteiger partial charge in [-0.05, 0) is 115 Å². The van der Waals surface area contributed by atoms with Crippen molar-refractivity contribution in [2.75, 3.05) is 44.2 Å². The Morgan fingerprint density at radius 3 is 2.59 bits per heavy atom. The molecule has 3 saturated carbocycles. The van der Waals surface area contributed by atoms with Crippen LogP contribution in [-0.4, -0.2) is 93.9 Å². The van der Waals surface area contributed by atoms with E-state index in [1.165, 1.54) is 43.8 Å². The van der Waals surface area contributed by atoms with Gasteiger partial charge in [0, 0.05) is 37.1 Å². The number of rotatable bonds is 8. The van der Waals surface area contributed by atoms with Crippen LogP contribution in [0, 0.1) is 29.0 Å². The number of hydrogen-bond acceptors (Lipinski definition) is 9. The van der Waals surface area contributed by atoms with Crippen LogP contribution in [0.5, 0.6) is 11.6 Å². The van der Waals surface area contributed by atoms with E-state index >= 15 is 0 Å². The van der Waals surface area contributed by atoms with Crippen LogP contribution in [0.1, 0.15) is 76.6 Å². The second-order valence-electron chi connectivity index (χ2n) is 15.0. The first kappa shape index (κ1) is 31.1. The molecule has 0 radical (unpaired) electrons. The van der Waals surface area contributed by atoms with E-state index in [1.54, 1.807) is 4.90 Å². The molecular formula is C34H46FN7O4. The summed E-state index contributed by atoms with van der Waals surface area (Å²) in [7, 11) is 0. The molecule has 2 aromatic rings. The minimum atomic E-state index is -0.506. The highest BCUT2D eigenvalue weighted by Crippen LogP contribution is 2.52. The summed E-state index contributed by atoms with van der Waals surface area (Å²) in [6, 6.07) is 3.85. The van der Waals surface area contributed by atoms with Gasteiger partial charge in [0.05, 0.1) is 11.1 Å². The molecule has 1 aromatic heterocycles. The summed E-state index contributed by atoms with van der Waals surface area (Å²) in [6.07, 6.45) is 8.12. The average molecular weight is 636 g/mol. The largest absolute Gasteiger partial charge is 0.447 e. The molecule has 8 rings (SSSR count). The molecule has 4 heterocycles. The van der Waals surface area contributed by atoms with Gasteiger partial charge in [-0.15, -0.1) is 10.2 Å². The van der Waals surface area contributed by atoms with Crippen LogP contribution in [0.2, 0.25) is 0 Å². The molecule has 2 spiro atoms. The SMILES string of the molecule is CC(C)N(C(=O)c1cc(F)ccc1Oc1nncnc1N1CC2(CCN(CC3CC4CCC3CC43COC(=O)N3)CC2)C1)C(C)C. The van der Waals surface area contributed by atoms with Crippen molar-refractivity contribution in [3.63, 3.8) is 0 Å². The number of piperidine rings is 1. The summed E-state index contributed by atoms with van der Waals surface area (Å²) in [4.78, 5) is 36.4. The van der Waals surface area contributed by atoms with Crippen LogP contribution in [-0.2, 0) is 4.74 Å². The van der Waals surface area contributed by atoms with Gasteiger partial charge in [0.2, 0.25) is 0 Å². The number of nitrogens with zero attached hydrogens (tertiary/aromatic N) is 6. The summed E-state index contributed by atoms with van der Waals surface area (Å²) in [5.74, 6) is 2.10. The third-order valence-electron chi connectivity index (χ3n) is 11.4. The minimum Gasteiger partial charge on any atom is -0.447 e. The summed E-state index contributed by atoms with van der Waals surface area (Å²) in [5.41, 5.74) is 0.257. The van der Waals surface area contributed by atoms with Crippen molar-refractivity contribution >= 4 is 17.8 Å². The van der Waals surface area contributed by atoms with Gasteiger partial charge in [-0.3, -0.25) is 4.79 Å². The highest BCUT2D eigenvalue weighted by atomic mass is 19.1. The lowest BCUT2D eigenvalue weighted by molar-refractivity contribution is -0.0208. The maximum atomic E-state index is 14.4. The smallest absolute Gasteiger partial charge is 0.407 e. The predicted molar refractivity (Wildman–Crippen MR) is 169 cm³/mol. The Hall–Kier alpha value is -3.54. The fourth-order valence-corrected chi connectivity index (χ4v) is 9.13. The number of ether oxygens (including phenoxy) is 2. The number of fused-ring (bicyclic) bond motifs is 2. The Morgan fingerprint density at radius 1 is 1.17 bits per heavy atom. The van der Waals surface area contributed by atoms with Gasteiger partial charge in [-0.25, -0.2) is 14.2 Å². The molecule has 12 heteroatoms. The van der Waals surface area contributed by atoms with E-state index in [2.05, 4.69) is 30.3 Å². The fourth-order valence-electron chi connectivity index (χ4n) is 9.13. The van der Waals surface area contributed by atoms with Crippen molar-refractivity contribution in [1.82, 2.24) is 30.3 Å². The number of aromatic nitrogens is 3. The first-order valence-electron chi connectivity index (χ1n) is 16.9. The van der Waals surface area contributed by atoms with Crippen LogP contribution in [0.15, 0.2) is 24.5 Å². The molecule has 2 amide bonds. The Bertz CT molecular complexity index is 1470. The number of amides is 2. The van der Waals surface area contributed by atoms with Crippen LogP contribution in [0.25, 0.3) is 0 Å². The monoisotopic (exact) mass is 635 g/mol. The lowest BCUT2D eigenvalue weighted by Gasteiger charge is -2.56. The fraction of sp³-hybridized carbons (Fsp3) is 0.676. The summed E-state index contributed by atoms with van der Waals surface area (Å²) < 4.78 is 25.9. The number of anilines is 1. The van der Waals surface area contributed by atoms with Crippen molar-refractivity contribution in [3.8, 4) is 11.6 Å². The van der Waals surface area contributed by atoms with E-state index in [1.807, 2.05) is 27.7 Å². The Labute approximate surface area is 270 Å². The normalized spacial score (nSPS) is 28.5. The molecule has 4 unspecified atom stereocenters. The van der Waals surface area contributed by atoms with Gasteiger partial charge in [0.1, 0.15) is 24.5 Å². The number of halogens is 1. The number of nitrogens with one attached hydrogen (secondary N) is 1. The van der Waals surface area contributed by atoms with Crippen LogP contribution >= 0.6 is 0 Å². The molecule has 11 nitrogen and oxygen atoms in total. The van der Waals surface area contributed by atoms with Gasteiger partial charge < -0.3 is 29.5 Å². The van der Waals surface area contributed by atoms with Gasteiger partial charge in [-0.2, -0.15) is 0 Å². The van der Waals surface area contributed by atoms with Crippen molar-refractivity contribution < 1.29 is 23.5 Å².